The van der Waals surface area contributed by atoms with Crippen molar-refractivity contribution in [3.05, 3.63) is 78.7 Å². The maximum atomic E-state index is 12.7. The number of aryl methyl sites for hydroxylation is 2. The highest BCUT2D eigenvalue weighted by Crippen LogP contribution is 2.28. The Morgan fingerprint density at radius 1 is 1.00 bits per heavy atom. The lowest BCUT2D eigenvalue weighted by molar-refractivity contribution is 0.394. The van der Waals surface area contributed by atoms with Gasteiger partial charge in [-0.15, -0.1) is 0 Å². The van der Waals surface area contributed by atoms with E-state index >= 15 is 0 Å². The van der Waals surface area contributed by atoms with Crippen LogP contribution in [0.3, 0.4) is 0 Å². The molecular weight excluding hydrogens is 428 g/mol. The van der Waals surface area contributed by atoms with Gasteiger partial charge in [-0.3, -0.25) is 14.1 Å². The number of benzene rings is 1. The van der Waals surface area contributed by atoms with E-state index in [0.717, 1.165) is 22.3 Å². The number of pyridine rings is 2. The molecule has 1 aromatic carbocycles. The molecule has 0 amide bonds. The van der Waals surface area contributed by atoms with E-state index in [0.29, 0.717) is 23.1 Å². The third-order valence-corrected chi connectivity index (χ3v) is 6.32. The highest BCUT2D eigenvalue weighted by Gasteiger charge is 2.16. The van der Waals surface area contributed by atoms with Gasteiger partial charge in [0.25, 0.3) is 10.0 Å². The molecular formula is C22H18N6O3S. The van der Waals surface area contributed by atoms with E-state index in [1.807, 2.05) is 23.6 Å². The second-order valence-electron chi connectivity index (χ2n) is 7.27. The van der Waals surface area contributed by atoms with Gasteiger partial charge in [0.2, 0.25) is 11.7 Å². The zero-order valence-corrected chi connectivity index (χ0v) is 18.0. The lowest BCUT2D eigenvalue weighted by atomic mass is 10.1. The second-order valence-corrected chi connectivity index (χ2v) is 8.95. The number of sulfonamides is 1. The van der Waals surface area contributed by atoms with Crippen LogP contribution in [0.2, 0.25) is 0 Å². The number of aromatic nitrogens is 5. The summed E-state index contributed by atoms with van der Waals surface area (Å²) in [6.45, 7) is 3.68. The Kier molecular flexibility index (Phi) is 4.71. The Bertz CT molecular complexity index is 1540. The van der Waals surface area contributed by atoms with Crippen LogP contribution in [-0.2, 0) is 10.0 Å². The van der Waals surface area contributed by atoms with E-state index in [1.54, 1.807) is 43.6 Å². The van der Waals surface area contributed by atoms with Crippen molar-refractivity contribution in [2.24, 2.45) is 0 Å². The van der Waals surface area contributed by atoms with E-state index in [2.05, 4.69) is 24.8 Å². The molecule has 0 spiro atoms. The fourth-order valence-electron chi connectivity index (χ4n) is 3.45. The molecule has 0 saturated carbocycles. The molecule has 5 aromatic rings. The number of rotatable bonds is 5. The summed E-state index contributed by atoms with van der Waals surface area (Å²) < 4.78 is 34.9. The smallest absolute Gasteiger partial charge is 0.261 e. The number of anilines is 1. The molecule has 4 aromatic heterocycles. The van der Waals surface area contributed by atoms with Gasteiger partial charge in [0, 0.05) is 30.4 Å². The summed E-state index contributed by atoms with van der Waals surface area (Å²) in [4.78, 5) is 13.2. The van der Waals surface area contributed by atoms with Gasteiger partial charge in [0.1, 0.15) is 11.3 Å². The first-order chi connectivity index (χ1) is 15.4. The summed E-state index contributed by atoms with van der Waals surface area (Å²) in [6.07, 6.45) is 6.73. The minimum atomic E-state index is -3.72. The molecule has 10 heteroatoms. The molecule has 0 aliphatic rings. The number of nitrogens with one attached hydrogen (secondary N) is 1. The molecule has 32 heavy (non-hydrogen) atoms. The van der Waals surface area contributed by atoms with E-state index < -0.39 is 10.0 Å². The fraction of sp³-hybridized carbons (Fsp3) is 0.0909. The Hall–Kier alpha value is -4.05. The van der Waals surface area contributed by atoms with Crippen molar-refractivity contribution in [3.63, 3.8) is 0 Å². The zero-order chi connectivity index (χ0) is 22.3. The highest BCUT2D eigenvalue weighted by atomic mass is 32.2. The molecule has 160 valence electrons. The first kappa shape index (κ1) is 19.9. The molecule has 0 aliphatic heterocycles. The van der Waals surface area contributed by atoms with E-state index in [1.165, 1.54) is 18.3 Å². The van der Waals surface area contributed by atoms with Gasteiger partial charge in [0.15, 0.2) is 0 Å². The quantitative estimate of drug-likeness (QED) is 0.436. The monoisotopic (exact) mass is 446 g/mol. The summed E-state index contributed by atoms with van der Waals surface area (Å²) in [5.41, 5.74) is 4.33. The van der Waals surface area contributed by atoms with Crippen LogP contribution in [0.1, 0.15) is 11.5 Å². The third-order valence-electron chi connectivity index (χ3n) is 4.92. The molecule has 5 rings (SSSR count). The minimum Gasteiger partial charge on any atom is -0.339 e. The van der Waals surface area contributed by atoms with E-state index in [9.17, 15) is 8.42 Å². The average Bonchev–Trinajstić information content (AvgIpc) is 3.40. The third kappa shape index (κ3) is 3.60. The highest BCUT2D eigenvalue weighted by molar-refractivity contribution is 7.92. The molecule has 4 heterocycles. The summed E-state index contributed by atoms with van der Waals surface area (Å²) in [5.74, 6) is 0.902. The summed E-state index contributed by atoms with van der Waals surface area (Å²) in [7, 11) is -3.72. The van der Waals surface area contributed by atoms with Crippen molar-refractivity contribution in [3.8, 4) is 22.6 Å². The Morgan fingerprint density at radius 3 is 2.56 bits per heavy atom. The van der Waals surface area contributed by atoms with Crippen molar-refractivity contribution < 1.29 is 12.9 Å². The van der Waals surface area contributed by atoms with Crippen LogP contribution in [-0.4, -0.2) is 32.9 Å². The van der Waals surface area contributed by atoms with Crippen molar-refractivity contribution in [1.29, 1.82) is 0 Å². The second kappa shape index (κ2) is 7.57. The molecule has 9 nitrogen and oxygen atoms in total. The molecule has 0 saturated heterocycles. The van der Waals surface area contributed by atoms with Crippen LogP contribution in [0.4, 0.5) is 5.69 Å². The zero-order valence-electron chi connectivity index (χ0n) is 17.2. The van der Waals surface area contributed by atoms with Gasteiger partial charge in [-0.25, -0.2) is 13.4 Å². The van der Waals surface area contributed by atoms with Gasteiger partial charge in [-0.05, 0) is 36.8 Å². The first-order valence-electron chi connectivity index (χ1n) is 9.72. The SMILES string of the molecule is Cc1nc(-c2cnc3c(C)cc(-c4cncc(NS(=O)(=O)c5ccccc5)c4)cn23)no1. The molecule has 0 aliphatic carbocycles. The van der Waals surface area contributed by atoms with Crippen LogP contribution in [0.5, 0.6) is 0 Å². The Labute approximate surface area is 183 Å². The van der Waals surface area contributed by atoms with Crippen molar-refractivity contribution >= 4 is 21.4 Å². The minimum absolute atomic E-state index is 0.182. The maximum absolute atomic E-state index is 12.7. The van der Waals surface area contributed by atoms with Gasteiger partial charge >= 0.3 is 0 Å². The first-order valence-corrected chi connectivity index (χ1v) is 11.2. The van der Waals surface area contributed by atoms with Crippen LogP contribution >= 0.6 is 0 Å². The number of nitrogens with zero attached hydrogens (tertiary/aromatic N) is 5. The standard InChI is InChI=1S/C22H18N6O3S/c1-14-8-17(13-28-20(12-24-22(14)28)21-25-15(2)31-26-21)16-9-18(11-23-10-16)27-32(29,30)19-6-4-3-5-7-19/h3-13,27H,1-2H3. The number of imidazole rings is 1. The lowest BCUT2D eigenvalue weighted by Crippen LogP contribution is -2.13. The number of hydrogen-bond donors (Lipinski definition) is 1. The van der Waals surface area contributed by atoms with Gasteiger partial charge in [-0.1, -0.05) is 23.4 Å². The molecule has 0 atom stereocenters. The van der Waals surface area contributed by atoms with Gasteiger partial charge < -0.3 is 4.52 Å². The summed E-state index contributed by atoms with van der Waals surface area (Å²) in [6, 6.07) is 11.9. The Morgan fingerprint density at radius 2 is 1.81 bits per heavy atom. The topological polar surface area (TPSA) is 115 Å². The maximum Gasteiger partial charge on any atom is 0.261 e. The summed E-state index contributed by atoms with van der Waals surface area (Å²) >= 11 is 0. The molecule has 1 N–H and O–H groups in total. The number of fused-ring (bicyclic) bond motifs is 1. The van der Waals surface area contributed by atoms with Crippen molar-refractivity contribution in [2.75, 3.05) is 4.72 Å². The molecule has 0 unspecified atom stereocenters. The normalized spacial score (nSPS) is 11.7. The molecule has 0 fully saturated rings. The van der Waals surface area contributed by atoms with Gasteiger partial charge in [0.05, 0.1) is 23.0 Å². The van der Waals surface area contributed by atoms with E-state index in [-0.39, 0.29) is 4.90 Å². The summed E-state index contributed by atoms with van der Waals surface area (Å²) in [5, 5.41) is 3.99. The van der Waals surface area contributed by atoms with E-state index in [4.69, 9.17) is 4.52 Å². The Balaban J connectivity index is 1.55. The largest absolute Gasteiger partial charge is 0.339 e. The predicted octanol–water partition coefficient (Wildman–Crippen LogP) is 3.86. The fourth-order valence-corrected chi connectivity index (χ4v) is 4.51. The van der Waals surface area contributed by atoms with Crippen LogP contribution in [0.25, 0.3) is 28.3 Å². The molecule has 0 bridgehead atoms. The number of hydrogen-bond acceptors (Lipinski definition) is 7. The van der Waals surface area contributed by atoms with Crippen molar-refractivity contribution in [2.45, 2.75) is 18.7 Å². The van der Waals surface area contributed by atoms with Crippen LogP contribution in [0, 0.1) is 13.8 Å². The van der Waals surface area contributed by atoms with Crippen LogP contribution in [0.15, 0.2) is 76.7 Å². The predicted molar refractivity (Wildman–Crippen MR) is 118 cm³/mol. The molecule has 0 radical (unpaired) electrons. The average molecular weight is 446 g/mol. The van der Waals surface area contributed by atoms with Crippen molar-refractivity contribution in [1.82, 2.24) is 24.5 Å². The lowest BCUT2D eigenvalue weighted by Gasteiger charge is -2.10. The van der Waals surface area contributed by atoms with Gasteiger partial charge in [-0.2, -0.15) is 4.98 Å². The van der Waals surface area contributed by atoms with Crippen LogP contribution < -0.4 is 4.72 Å².